The second kappa shape index (κ2) is 8.27. The van der Waals surface area contributed by atoms with E-state index in [1.807, 2.05) is 0 Å². The number of hydrogen-bond donors (Lipinski definition) is 0. The number of hydrogen-bond acceptors (Lipinski definition) is 0. The van der Waals surface area contributed by atoms with Gasteiger partial charge in [0.1, 0.15) is 0 Å². The van der Waals surface area contributed by atoms with Crippen molar-refractivity contribution in [2.45, 2.75) is 56.5 Å². The number of fused-ring (bicyclic) bond motifs is 2. The Hall–Kier alpha value is -1.12. The van der Waals surface area contributed by atoms with Gasteiger partial charge in [0.15, 0.2) is 0 Å². The van der Waals surface area contributed by atoms with Crippen molar-refractivity contribution in [1.82, 2.24) is 0 Å². The van der Waals surface area contributed by atoms with E-state index >= 15 is 0 Å². The van der Waals surface area contributed by atoms with Crippen molar-refractivity contribution < 1.29 is 21.5 Å². The molecule has 1 nitrogen and oxygen atoms in total. The largest absolute Gasteiger partial charge is 1.00 e. The molecule has 2 heteroatoms. The predicted molar refractivity (Wildman–Crippen MR) is 106 cm³/mol. The van der Waals surface area contributed by atoms with E-state index in [0.29, 0.717) is 5.92 Å². The van der Waals surface area contributed by atoms with Crippen LogP contribution in [-0.4, -0.2) is 30.7 Å². The second-order valence-corrected chi connectivity index (χ2v) is 8.81. The molecule has 2 atom stereocenters. The lowest BCUT2D eigenvalue weighted by molar-refractivity contribution is -0.950. The molecular weight excluding hydrogens is 382 g/mol. The maximum absolute atomic E-state index is 2.48. The predicted octanol–water partition coefficient (Wildman–Crippen LogP) is 2.62. The van der Waals surface area contributed by atoms with Crippen LogP contribution < -0.4 is 17.0 Å². The van der Waals surface area contributed by atoms with Gasteiger partial charge in [0, 0.05) is 18.8 Å². The average Bonchev–Trinajstić information content (AvgIpc) is 2.61. The Morgan fingerprint density at radius 3 is 1.73 bits per heavy atom. The molecule has 2 aliphatic rings. The fourth-order valence-corrected chi connectivity index (χ4v) is 5.56. The first-order valence-electron chi connectivity index (χ1n) is 10.1. The summed E-state index contributed by atoms with van der Waals surface area (Å²) in [7, 11) is 4.97. The van der Waals surface area contributed by atoms with Crippen molar-refractivity contribution in [2.75, 3.05) is 14.1 Å². The van der Waals surface area contributed by atoms with E-state index in [0.717, 1.165) is 18.0 Å². The van der Waals surface area contributed by atoms with Crippen LogP contribution in [-0.2, 0) is 0 Å². The van der Waals surface area contributed by atoms with E-state index in [1.165, 1.54) is 54.1 Å². The summed E-state index contributed by atoms with van der Waals surface area (Å²) in [5.74, 6) is 1.41. The van der Waals surface area contributed by atoms with E-state index < -0.39 is 0 Å². The molecule has 0 amide bonds. The first-order chi connectivity index (χ1) is 12.1. The lowest BCUT2D eigenvalue weighted by Gasteiger charge is -2.53. The molecule has 2 bridgehead atoms. The maximum Gasteiger partial charge on any atom is 0.0891 e. The number of quaternary nitrogens is 1. The Kier molecular flexibility index (Phi) is 6.25. The normalized spacial score (nSPS) is 27.0. The highest BCUT2D eigenvalue weighted by Crippen LogP contribution is 2.44. The fraction of sp³-hybridized carbons (Fsp3) is 0.500. The van der Waals surface area contributed by atoms with Gasteiger partial charge in [-0.05, 0) is 42.7 Å². The van der Waals surface area contributed by atoms with Crippen molar-refractivity contribution >= 4 is 0 Å². The molecule has 2 heterocycles. The molecule has 2 saturated heterocycles. The molecule has 0 N–H and O–H groups in total. The highest BCUT2D eigenvalue weighted by atomic mass is 79.9. The Morgan fingerprint density at radius 2 is 1.27 bits per heavy atom. The second-order valence-electron chi connectivity index (χ2n) is 8.81. The first-order valence-corrected chi connectivity index (χ1v) is 10.1. The summed E-state index contributed by atoms with van der Waals surface area (Å²) in [5.41, 5.74) is 2.97. The minimum Gasteiger partial charge on any atom is -1.00 e. The molecule has 2 fully saturated rings. The summed E-state index contributed by atoms with van der Waals surface area (Å²) in [6, 6.07) is 24.1. The molecule has 2 unspecified atom stereocenters. The smallest absolute Gasteiger partial charge is 0.0891 e. The van der Waals surface area contributed by atoms with Gasteiger partial charge in [-0.3, -0.25) is 0 Å². The molecule has 140 valence electrons. The molecule has 0 aromatic heterocycles. The molecule has 2 aromatic rings. The van der Waals surface area contributed by atoms with Gasteiger partial charge in [0.25, 0.3) is 0 Å². The zero-order chi connectivity index (χ0) is 17.3. The zero-order valence-electron chi connectivity index (χ0n) is 16.2. The van der Waals surface area contributed by atoms with E-state index in [1.54, 1.807) is 0 Å². The molecule has 0 radical (unpaired) electrons. The highest BCUT2D eigenvalue weighted by Gasteiger charge is 2.46. The summed E-state index contributed by atoms with van der Waals surface area (Å²) in [5, 5.41) is 0. The number of benzene rings is 2. The quantitative estimate of drug-likeness (QED) is 0.675. The third-order valence-corrected chi connectivity index (χ3v) is 7.14. The van der Waals surface area contributed by atoms with Crippen molar-refractivity contribution in [3.63, 3.8) is 0 Å². The molecular formula is C24H32BrN. The van der Waals surface area contributed by atoms with Crippen molar-refractivity contribution in [2.24, 2.45) is 5.92 Å². The van der Waals surface area contributed by atoms with Crippen molar-refractivity contribution in [1.29, 1.82) is 0 Å². The van der Waals surface area contributed by atoms with Gasteiger partial charge < -0.3 is 21.5 Å². The summed E-state index contributed by atoms with van der Waals surface area (Å²) < 4.78 is 1.28. The number of piperidine rings is 2. The number of nitrogens with zero attached hydrogens (tertiary/aromatic N) is 1. The monoisotopic (exact) mass is 413 g/mol. The standard InChI is InChI=1S/C24H32N.BrH/c1-25(2)22-14-9-15-23(25)17-19(16-22)18-24(20-10-5-3-6-11-20)21-12-7-4-8-13-21;/h3-8,10-13,19,22-24H,9,14-18H2,1-2H3;1H/q+1;/p-1. The molecule has 26 heavy (non-hydrogen) atoms. The van der Waals surface area contributed by atoms with Crippen molar-refractivity contribution in [3.05, 3.63) is 71.8 Å². The minimum absolute atomic E-state index is 0. The molecule has 2 aromatic carbocycles. The Morgan fingerprint density at radius 1 is 0.808 bits per heavy atom. The third-order valence-electron chi connectivity index (χ3n) is 7.14. The van der Waals surface area contributed by atoms with Crippen LogP contribution in [0.15, 0.2) is 60.7 Å². The van der Waals surface area contributed by atoms with Gasteiger partial charge >= 0.3 is 0 Å². The van der Waals surface area contributed by atoms with Gasteiger partial charge in [0.2, 0.25) is 0 Å². The van der Waals surface area contributed by atoms with Gasteiger partial charge in [-0.25, -0.2) is 0 Å². The van der Waals surface area contributed by atoms with Crippen LogP contribution >= 0.6 is 0 Å². The Labute approximate surface area is 169 Å². The van der Waals surface area contributed by atoms with E-state index in [-0.39, 0.29) is 17.0 Å². The number of halogens is 1. The zero-order valence-corrected chi connectivity index (χ0v) is 17.7. The van der Waals surface area contributed by atoms with Crippen molar-refractivity contribution in [3.8, 4) is 0 Å². The third kappa shape index (κ3) is 3.92. The van der Waals surface area contributed by atoms with Crippen LogP contribution in [0.2, 0.25) is 0 Å². The summed E-state index contributed by atoms with van der Waals surface area (Å²) in [6.07, 6.45) is 8.45. The Balaban J connectivity index is 0.00000196. The van der Waals surface area contributed by atoms with Gasteiger partial charge in [-0.1, -0.05) is 60.7 Å². The lowest BCUT2D eigenvalue weighted by atomic mass is 9.72. The van der Waals surface area contributed by atoms with Gasteiger partial charge in [0.05, 0.1) is 26.2 Å². The molecule has 4 rings (SSSR count). The minimum atomic E-state index is 0. The fourth-order valence-electron chi connectivity index (χ4n) is 5.56. The van der Waals surface area contributed by atoms with Gasteiger partial charge in [-0.2, -0.15) is 0 Å². The van der Waals surface area contributed by atoms with Crippen LogP contribution in [0.5, 0.6) is 0 Å². The molecule has 0 aliphatic carbocycles. The highest BCUT2D eigenvalue weighted by molar-refractivity contribution is 5.32. The first kappa shape index (κ1) is 19.6. The lowest BCUT2D eigenvalue weighted by Crippen LogP contribution is -3.00. The van der Waals surface area contributed by atoms with Gasteiger partial charge in [-0.15, -0.1) is 0 Å². The molecule has 0 spiro atoms. The average molecular weight is 414 g/mol. The topological polar surface area (TPSA) is 0 Å². The maximum atomic E-state index is 2.48. The summed E-state index contributed by atoms with van der Waals surface area (Å²) in [6.45, 7) is 0. The van der Waals surface area contributed by atoms with E-state index in [4.69, 9.17) is 0 Å². The SMILES string of the molecule is C[N+]1(C)C2CCCC1CC(CC(c1ccccc1)c1ccccc1)C2.[Br-]. The van der Waals surface area contributed by atoms with E-state index in [2.05, 4.69) is 74.8 Å². The number of rotatable bonds is 4. The Bertz CT molecular complexity index is 626. The van der Waals surface area contributed by atoms with E-state index in [9.17, 15) is 0 Å². The van der Waals surface area contributed by atoms with Crippen LogP contribution in [0.25, 0.3) is 0 Å². The van der Waals surface area contributed by atoms with Crippen LogP contribution in [0.1, 0.15) is 55.6 Å². The van der Waals surface area contributed by atoms with Crippen LogP contribution in [0.3, 0.4) is 0 Å². The summed E-state index contributed by atoms with van der Waals surface area (Å²) >= 11 is 0. The van der Waals surface area contributed by atoms with Crippen LogP contribution in [0, 0.1) is 5.92 Å². The van der Waals surface area contributed by atoms with Crippen LogP contribution in [0.4, 0.5) is 0 Å². The molecule has 2 aliphatic heterocycles. The summed E-state index contributed by atoms with van der Waals surface area (Å²) in [4.78, 5) is 0. The molecule has 0 saturated carbocycles.